The highest BCUT2D eigenvalue weighted by Crippen LogP contribution is 2.28. The topological polar surface area (TPSA) is 75.9 Å². The number of non-ortho nitro benzene ring substituents is 1. The average Bonchev–Trinajstić information content (AvgIpc) is 2.77. The van der Waals surface area contributed by atoms with Gasteiger partial charge in [0.2, 0.25) is 0 Å². The molecule has 148 valence electrons. The van der Waals surface area contributed by atoms with Crippen molar-refractivity contribution in [2.24, 2.45) is 0 Å². The van der Waals surface area contributed by atoms with Crippen LogP contribution in [0.15, 0.2) is 60.7 Å². The second kappa shape index (κ2) is 7.79. The Labute approximate surface area is 168 Å². The molecule has 0 bridgehead atoms. The number of hydrogen-bond acceptors (Lipinski definition) is 5. The van der Waals surface area contributed by atoms with Gasteiger partial charge in [-0.3, -0.25) is 14.9 Å². The predicted molar refractivity (Wildman–Crippen MR) is 112 cm³/mol. The van der Waals surface area contributed by atoms with Crippen LogP contribution < -0.4 is 9.64 Å². The molecule has 0 radical (unpaired) electrons. The fraction of sp³-hybridized carbons (Fsp3) is 0.227. The molecule has 3 aromatic carbocycles. The molecule has 0 unspecified atom stereocenters. The molecule has 1 aliphatic rings. The third kappa shape index (κ3) is 3.71. The SMILES string of the molecule is COc1cc2ccccc2cc1C(=O)N1CCN(c2ccc([N+](=O)[O-])cc2)CC1. The first-order chi connectivity index (χ1) is 14.1. The van der Waals surface area contributed by atoms with E-state index in [4.69, 9.17) is 4.74 Å². The van der Waals surface area contributed by atoms with E-state index in [9.17, 15) is 14.9 Å². The van der Waals surface area contributed by atoms with Crippen LogP contribution in [0, 0.1) is 10.1 Å². The lowest BCUT2D eigenvalue weighted by Gasteiger charge is -2.36. The van der Waals surface area contributed by atoms with E-state index in [2.05, 4.69) is 4.90 Å². The summed E-state index contributed by atoms with van der Waals surface area (Å²) in [7, 11) is 1.58. The van der Waals surface area contributed by atoms with Gasteiger partial charge in [0, 0.05) is 44.0 Å². The van der Waals surface area contributed by atoms with Crippen molar-refractivity contribution in [1.29, 1.82) is 0 Å². The first-order valence-electron chi connectivity index (χ1n) is 9.42. The lowest BCUT2D eigenvalue weighted by atomic mass is 10.0. The summed E-state index contributed by atoms with van der Waals surface area (Å²) in [6, 6.07) is 18.2. The largest absolute Gasteiger partial charge is 0.496 e. The number of carbonyl (C=O) groups excluding carboxylic acids is 1. The van der Waals surface area contributed by atoms with Crippen LogP contribution in [0.25, 0.3) is 10.8 Å². The van der Waals surface area contributed by atoms with E-state index in [1.165, 1.54) is 12.1 Å². The molecular weight excluding hydrogens is 370 g/mol. The number of methoxy groups -OCH3 is 1. The van der Waals surface area contributed by atoms with Gasteiger partial charge in [-0.15, -0.1) is 0 Å². The van der Waals surface area contributed by atoms with Gasteiger partial charge in [-0.05, 0) is 35.0 Å². The molecule has 3 aromatic rings. The van der Waals surface area contributed by atoms with Gasteiger partial charge in [0.05, 0.1) is 17.6 Å². The molecule has 4 rings (SSSR count). The van der Waals surface area contributed by atoms with Crippen molar-refractivity contribution in [2.75, 3.05) is 38.2 Å². The normalized spacial score (nSPS) is 14.1. The van der Waals surface area contributed by atoms with E-state index in [0.717, 1.165) is 16.5 Å². The molecule has 1 saturated heterocycles. The molecule has 0 aromatic heterocycles. The number of rotatable bonds is 4. The highest BCUT2D eigenvalue weighted by Gasteiger charge is 2.25. The zero-order valence-corrected chi connectivity index (χ0v) is 16.1. The van der Waals surface area contributed by atoms with Crippen LogP contribution in [0.1, 0.15) is 10.4 Å². The number of benzene rings is 3. The Morgan fingerprint density at radius 1 is 0.966 bits per heavy atom. The second-order valence-electron chi connectivity index (χ2n) is 6.95. The summed E-state index contributed by atoms with van der Waals surface area (Å²) in [6.07, 6.45) is 0. The summed E-state index contributed by atoms with van der Waals surface area (Å²) in [5, 5.41) is 12.8. The Morgan fingerprint density at radius 2 is 1.59 bits per heavy atom. The summed E-state index contributed by atoms with van der Waals surface area (Å²) in [4.78, 5) is 27.5. The smallest absolute Gasteiger partial charge is 0.269 e. The second-order valence-corrected chi connectivity index (χ2v) is 6.95. The number of carbonyl (C=O) groups is 1. The van der Waals surface area contributed by atoms with Crippen molar-refractivity contribution in [3.8, 4) is 5.75 Å². The lowest BCUT2D eigenvalue weighted by molar-refractivity contribution is -0.384. The molecular formula is C22H21N3O4. The molecule has 0 saturated carbocycles. The van der Waals surface area contributed by atoms with Crippen molar-refractivity contribution < 1.29 is 14.5 Å². The van der Waals surface area contributed by atoms with Crippen molar-refractivity contribution >= 4 is 28.1 Å². The van der Waals surface area contributed by atoms with Crippen molar-refractivity contribution in [2.45, 2.75) is 0 Å². The standard InChI is InChI=1S/C22H21N3O4/c1-29-21-15-17-5-3-2-4-16(17)14-20(21)22(26)24-12-10-23(11-13-24)18-6-8-19(9-7-18)25(27)28/h2-9,14-15H,10-13H2,1H3. The maximum Gasteiger partial charge on any atom is 0.269 e. The Balaban J connectivity index is 1.49. The molecule has 1 heterocycles. The number of hydrogen-bond donors (Lipinski definition) is 0. The van der Waals surface area contributed by atoms with Gasteiger partial charge in [-0.25, -0.2) is 0 Å². The number of anilines is 1. The Morgan fingerprint density at radius 3 is 2.17 bits per heavy atom. The molecule has 0 N–H and O–H groups in total. The van der Waals surface area contributed by atoms with Gasteiger partial charge in [-0.2, -0.15) is 0 Å². The zero-order valence-electron chi connectivity index (χ0n) is 16.1. The highest BCUT2D eigenvalue weighted by molar-refractivity contribution is 6.01. The van der Waals surface area contributed by atoms with Crippen LogP contribution in [-0.2, 0) is 0 Å². The van der Waals surface area contributed by atoms with Crippen LogP contribution in [0.5, 0.6) is 5.75 Å². The molecule has 0 spiro atoms. The third-order valence-electron chi connectivity index (χ3n) is 5.29. The van der Waals surface area contributed by atoms with Gasteiger partial charge >= 0.3 is 0 Å². The maximum absolute atomic E-state index is 13.1. The average molecular weight is 391 g/mol. The van der Waals surface area contributed by atoms with E-state index in [1.54, 1.807) is 19.2 Å². The van der Waals surface area contributed by atoms with E-state index in [-0.39, 0.29) is 11.6 Å². The molecule has 0 atom stereocenters. The summed E-state index contributed by atoms with van der Waals surface area (Å²) >= 11 is 0. The van der Waals surface area contributed by atoms with Gasteiger partial charge < -0.3 is 14.5 Å². The molecule has 29 heavy (non-hydrogen) atoms. The number of nitrogens with zero attached hydrogens (tertiary/aromatic N) is 3. The van der Waals surface area contributed by atoms with Crippen LogP contribution in [0.4, 0.5) is 11.4 Å². The minimum Gasteiger partial charge on any atom is -0.496 e. The minimum absolute atomic E-state index is 0.0454. The monoisotopic (exact) mass is 391 g/mol. The highest BCUT2D eigenvalue weighted by atomic mass is 16.6. The van der Waals surface area contributed by atoms with Gasteiger partial charge in [-0.1, -0.05) is 24.3 Å². The third-order valence-corrected chi connectivity index (χ3v) is 5.29. The van der Waals surface area contributed by atoms with E-state index in [1.807, 2.05) is 41.3 Å². The Bertz CT molecular complexity index is 1060. The number of piperazine rings is 1. The number of fused-ring (bicyclic) bond motifs is 1. The van der Waals surface area contributed by atoms with Gasteiger partial charge in [0.25, 0.3) is 11.6 Å². The van der Waals surface area contributed by atoms with Gasteiger partial charge in [0.1, 0.15) is 5.75 Å². The van der Waals surface area contributed by atoms with Crippen molar-refractivity contribution in [3.63, 3.8) is 0 Å². The van der Waals surface area contributed by atoms with Crippen LogP contribution in [0.3, 0.4) is 0 Å². The van der Waals surface area contributed by atoms with E-state index < -0.39 is 4.92 Å². The molecule has 1 aliphatic heterocycles. The first-order valence-corrected chi connectivity index (χ1v) is 9.42. The molecule has 1 amide bonds. The molecule has 0 aliphatic carbocycles. The van der Waals surface area contributed by atoms with Crippen molar-refractivity contribution in [1.82, 2.24) is 4.90 Å². The van der Waals surface area contributed by atoms with Crippen molar-refractivity contribution in [3.05, 3.63) is 76.3 Å². The van der Waals surface area contributed by atoms with Crippen LogP contribution in [-0.4, -0.2) is 49.0 Å². The van der Waals surface area contributed by atoms with Crippen LogP contribution >= 0.6 is 0 Å². The first kappa shape index (κ1) is 18.7. The minimum atomic E-state index is -0.405. The van der Waals surface area contributed by atoms with Crippen LogP contribution in [0.2, 0.25) is 0 Å². The van der Waals surface area contributed by atoms with E-state index >= 15 is 0 Å². The Kier molecular flexibility index (Phi) is 5.03. The number of amides is 1. The predicted octanol–water partition coefficient (Wildman–Crippen LogP) is 3.72. The maximum atomic E-state index is 13.1. The fourth-order valence-electron chi connectivity index (χ4n) is 3.68. The fourth-order valence-corrected chi connectivity index (χ4v) is 3.68. The molecule has 7 heteroatoms. The molecule has 1 fully saturated rings. The summed E-state index contributed by atoms with van der Waals surface area (Å²) in [6.45, 7) is 2.48. The summed E-state index contributed by atoms with van der Waals surface area (Å²) in [5.41, 5.74) is 1.56. The van der Waals surface area contributed by atoms with Gasteiger partial charge in [0.15, 0.2) is 0 Å². The van der Waals surface area contributed by atoms with E-state index in [0.29, 0.717) is 37.5 Å². The molecule has 7 nitrogen and oxygen atoms in total. The number of nitro groups is 1. The summed E-state index contributed by atoms with van der Waals surface area (Å²) < 4.78 is 5.47. The lowest BCUT2D eigenvalue weighted by Crippen LogP contribution is -2.48. The number of ether oxygens (including phenoxy) is 1. The quantitative estimate of drug-likeness (QED) is 0.500. The Hall–Kier alpha value is -3.61. The zero-order chi connectivity index (χ0) is 20.4. The summed E-state index contributed by atoms with van der Waals surface area (Å²) in [5.74, 6) is 0.530. The number of nitro benzene ring substituents is 1.